The van der Waals surface area contributed by atoms with Crippen LogP contribution >= 0.6 is 0 Å². The fourth-order valence-corrected chi connectivity index (χ4v) is 4.05. The molecule has 246 valence electrons. The fourth-order valence-electron chi connectivity index (χ4n) is 4.05. The van der Waals surface area contributed by atoms with Gasteiger partial charge in [-0.3, -0.25) is 14.4 Å². The predicted octanol–water partition coefficient (Wildman–Crippen LogP) is 6.04. The molecule has 0 aliphatic heterocycles. The van der Waals surface area contributed by atoms with Crippen LogP contribution in [0.2, 0.25) is 0 Å². The zero-order valence-corrected chi connectivity index (χ0v) is 22.8. The van der Waals surface area contributed by atoms with E-state index >= 15 is 0 Å². The lowest BCUT2D eigenvalue weighted by Gasteiger charge is -2.18. The number of carbonyl (C=O) groups excluding carboxylic acids is 3. The Bertz CT molecular complexity index is 1570. The molecule has 0 radical (unpaired) electrons. The van der Waals surface area contributed by atoms with Gasteiger partial charge >= 0.3 is 24.7 Å². The van der Waals surface area contributed by atoms with Crippen molar-refractivity contribution in [1.29, 1.82) is 0 Å². The van der Waals surface area contributed by atoms with Crippen LogP contribution in [0.5, 0.6) is 5.75 Å². The molecule has 17 heteroatoms. The first kappa shape index (κ1) is 35.5. The summed E-state index contributed by atoms with van der Waals surface area (Å²) in [6.07, 6.45) is -18.6. The standard InChI is InChI=1S/C29H20F9NO7/c30-27(31,32)18-9-17(10-19(11-18)28(33,34)35)22(40)12-21(14-5-7-20(8-6-14)46-29(36,37)38)24(42)15-1-3-16(4-2-15)25(43)39-13-23(41)26(44)45/h1-11,21,23,41H,12-13H2,(H,39,43)(H,44,45). The molecule has 1 amide bonds. The minimum atomic E-state index is -5.28. The molecule has 3 aromatic carbocycles. The number of alkyl halides is 9. The Hall–Kier alpha value is -4.93. The molecule has 2 unspecified atom stereocenters. The number of carbonyl (C=O) groups is 4. The van der Waals surface area contributed by atoms with Crippen LogP contribution in [0.15, 0.2) is 66.7 Å². The zero-order valence-electron chi connectivity index (χ0n) is 22.8. The molecule has 3 rings (SSSR count). The number of benzene rings is 3. The van der Waals surface area contributed by atoms with Crippen LogP contribution in [-0.2, 0) is 17.1 Å². The smallest absolute Gasteiger partial charge is 0.479 e. The van der Waals surface area contributed by atoms with Crippen LogP contribution in [0.3, 0.4) is 0 Å². The summed E-state index contributed by atoms with van der Waals surface area (Å²) in [7, 11) is 0. The van der Waals surface area contributed by atoms with Crippen molar-refractivity contribution in [3.05, 3.63) is 100 Å². The van der Waals surface area contributed by atoms with Gasteiger partial charge in [0.15, 0.2) is 17.7 Å². The largest absolute Gasteiger partial charge is 0.573 e. The highest BCUT2D eigenvalue weighted by molar-refractivity contribution is 6.06. The quantitative estimate of drug-likeness (QED) is 0.168. The van der Waals surface area contributed by atoms with Crippen molar-refractivity contribution in [3.63, 3.8) is 0 Å². The van der Waals surface area contributed by atoms with E-state index < -0.39 is 89.6 Å². The summed E-state index contributed by atoms with van der Waals surface area (Å²) in [4.78, 5) is 49.6. The second kappa shape index (κ2) is 13.6. The summed E-state index contributed by atoms with van der Waals surface area (Å²) in [5, 5.41) is 20.1. The highest BCUT2D eigenvalue weighted by Crippen LogP contribution is 2.37. The second-order valence-corrected chi connectivity index (χ2v) is 9.60. The molecule has 0 aliphatic carbocycles. The van der Waals surface area contributed by atoms with Crippen molar-refractivity contribution in [2.24, 2.45) is 0 Å². The van der Waals surface area contributed by atoms with Crippen LogP contribution in [0.25, 0.3) is 0 Å². The Labute approximate surface area is 252 Å². The molecule has 0 saturated carbocycles. The van der Waals surface area contributed by atoms with E-state index in [2.05, 4.69) is 10.1 Å². The molecule has 0 heterocycles. The Morgan fingerprint density at radius 3 is 1.67 bits per heavy atom. The number of nitrogens with one attached hydrogen (secondary N) is 1. The highest BCUT2D eigenvalue weighted by atomic mass is 19.4. The summed E-state index contributed by atoms with van der Waals surface area (Å²) in [6.45, 7) is -0.668. The zero-order chi connectivity index (χ0) is 34.6. The SMILES string of the molecule is O=C(CC(C(=O)c1ccc(C(=O)NCC(O)C(=O)O)cc1)c1ccc(OC(F)(F)F)cc1)c1cc(C(F)(F)F)cc(C(F)(F)F)c1. The van der Waals surface area contributed by atoms with E-state index in [9.17, 15) is 63.8 Å². The van der Waals surface area contributed by atoms with Gasteiger partial charge in [0.05, 0.1) is 23.6 Å². The maximum absolute atomic E-state index is 13.5. The number of Topliss-reactive ketones (excluding diaryl/α,β-unsaturated/α-hetero) is 2. The maximum atomic E-state index is 13.5. The molecule has 0 saturated heterocycles. The topological polar surface area (TPSA) is 130 Å². The van der Waals surface area contributed by atoms with Gasteiger partial charge in [0.1, 0.15) is 5.75 Å². The number of aliphatic carboxylic acids is 1. The van der Waals surface area contributed by atoms with Crippen LogP contribution in [-0.4, -0.2) is 52.7 Å². The number of aliphatic hydroxyl groups excluding tert-OH is 1. The van der Waals surface area contributed by atoms with E-state index in [0.717, 1.165) is 48.5 Å². The summed E-state index contributed by atoms with van der Waals surface area (Å²) in [6, 6.07) is 7.89. The highest BCUT2D eigenvalue weighted by Gasteiger charge is 2.38. The predicted molar refractivity (Wildman–Crippen MR) is 138 cm³/mol. The van der Waals surface area contributed by atoms with Crippen LogP contribution in [0, 0.1) is 0 Å². The molecular weight excluding hydrogens is 645 g/mol. The summed E-state index contributed by atoms with van der Waals surface area (Å²) in [5.41, 5.74) is -5.11. The number of aliphatic hydroxyl groups is 1. The Morgan fingerprint density at radius 1 is 0.717 bits per heavy atom. The summed E-state index contributed by atoms with van der Waals surface area (Å²) < 4.78 is 122. The number of amides is 1. The lowest BCUT2D eigenvalue weighted by Crippen LogP contribution is -2.36. The van der Waals surface area contributed by atoms with E-state index in [1.807, 2.05) is 0 Å². The average Bonchev–Trinajstić information content (AvgIpc) is 2.96. The fraction of sp³-hybridized carbons (Fsp3) is 0.241. The molecule has 0 bridgehead atoms. The van der Waals surface area contributed by atoms with Crippen molar-refractivity contribution in [3.8, 4) is 5.75 Å². The Balaban J connectivity index is 1.98. The third-order valence-electron chi connectivity index (χ3n) is 6.30. The summed E-state index contributed by atoms with van der Waals surface area (Å²) >= 11 is 0. The first-order valence-corrected chi connectivity index (χ1v) is 12.7. The number of carboxylic acids is 1. The molecule has 3 N–H and O–H groups in total. The van der Waals surface area contributed by atoms with Gasteiger partial charge in [-0.15, -0.1) is 13.2 Å². The van der Waals surface area contributed by atoms with Crippen molar-refractivity contribution in [1.82, 2.24) is 5.32 Å². The van der Waals surface area contributed by atoms with Gasteiger partial charge in [-0.1, -0.05) is 24.3 Å². The van der Waals surface area contributed by atoms with Crippen molar-refractivity contribution < 1.29 is 73.6 Å². The third kappa shape index (κ3) is 9.53. The van der Waals surface area contributed by atoms with Gasteiger partial charge in [-0.05, 0) is 48.0 Å². The van der Waals surface area contributed by atoms with E-state index in [1.54, 1.807) is 0 Å². The van der Waals surface area contributed by atoms with E-state index in [4.69, 9.17) is 5.11 Å². The minimum Gasteiger partial charge on any atom is -0.479 e. The van der Waals surface area contributed by atoms with Crippen LogP contribution < -0.4 is 10.1 Å². The van der Waals surface area contributed by atoms with Gasteiger partial charge in [-0.2, -0.15) is 26.3 Å². The van der Waals surface area contributed by atoms with Gasteiger partial charge in [-0.25, -0.2) is 4.79 Å². The van der Waals surface area contributed by atoms with Crippen LogP contribution in [0.1, 0.15) is 60.1 Å². The third-order valence-corrected chi connectivity index (χ3v) is 6.30. The lowest BCUT2D eigenvalue weighted by molar-refractivity contribution is -0.274. The van der Waals surface area contributed by atoms with Gasteiger partial charge in [0.25, 0.3) is 5.91 Å². The number of hydrogen-bond acceptors (Lipinski definition) is 6. The van der Waals surface area contributed by atoms with E-state index in [1.165, 1.54) is 0 Å². The van der Waals surface area contributed by atoms with Gasteiger partial charge in [0, 0.05) is 23.1 Å². The molecule has 0 spiro atoms. The number of carboxylic acid groups (broad SMARTS) is 1. The Morgan fingerprint density at radius 2 is 1.22 bits per heavy atom. The summed E-state index contributed by atoms with van der Waals surface area (Å²) in [5.74, 6) is -7.14. The molecule has 3 aromatic rings. The van der Waals surface area contributed by atoms with E-state index in [-0.39, 0.29) is 34.9 Å². The van der Waals surface area contributed by atoms with Crippen LogP contribution in [0.4, 0.5) is 39.5 Å². The van der Waals surface area contributed by atoms with Crippen molar-refractivity contribution >= 4 is 23.4 Å². The monoisotopic (exact) mass is 665 g/mol. The molecule has 8 nitrogen and oxygen atoms in total. The molecule has 0 aromatic heterocycles. The lowest BCUT2D eigenvalue weighted by atomic mass is 9.84. The first-order chi connectivity index (χ1) is 21.2. The number of ketones is 2. The second-order valence-electron chi connectivity index (χ2n) is 9.60. The maximum Gasteiger partial charge on any atom is 0.573 e. The first-order valence-electron chi connectivity index (χ1n) is 12.7. The van der Waals surface area contributed by atoms with E-state index in [0.29, 0.717) is 0 Å². The van der Waals surface area contributed by atoms with Gasteiger partial charge < -0.3 is 20.3 Å². The molecule has 2 atom stereocenters. The molecular formula is C29H20F9NO7. The number of ether oxygens (including phenoxy) is 1. The number of hydrogen-bond donors (Lipinski definition) is 3. The molecule has 0 fully saturated rings. The normalized spacial score (nSPS) is 13.4. The average molecular weight is 665 g/mol. The van der Waals surface area contributed by atoms with Gasteiger partial charge in [0.2, 0.25) is 0 Å². The van der Waals surface area contributed by atoms with Crippen molar-refractivity contribution in [2.75, 3.05) is 6.54 Å². The Kier molecular flexibility index (Phi) is 10.5. The number of rotatable bonds is 11. The molecule has 0 aliphatic rings. The molecule has 46 heavy (non-hydrogen) atoms. The minimum absolute atomic E-state index is 0.126. The van der Waals surface area contributed by atoms with Crippen molar-refractivity contribution in [2.45, 2.75) is 37.2 Å². The number of halogens is 9.